The van der Waals surface area contributed by atoms with Crippen LogP contribution in [0.3, 0.4) is 0 Å². The van der Waals surface area contributed by atoms with Gasteiger partial charge in [-0.25, -0.2) is 4.68 Å². The topological polar surface area (TPSA) is 45.6 Å². The zero-order chi connectivity index (χ0) is 29.4. The first kappa shape index (κ1) is 29.6. The van der Waals surface area contributed by atoms with Gasteiger partial charge in [0, 0.05) is 48.8 Å². The molecular weight excluding hydrogens is 530 g/mol. The average molecular weight is 580 g/mol. The summed E-state index contributed by atoms with van der Waals surface area (Å²) in [6.07, 6.45) is 21.8. The van der Waals surface area contributed by atoms with Gasteiger partial charge in [-0.1, -0.05) is 69.9 Å². The summed E-state index contributed by atoms with van der Waals surface area (Å²) in [4.78, 5) is 5.34. The molecule has 2 saturated carbocycles. The Kier molecular flexibility index (Phi) is 9.83. The maximum absolute atomic E-state index is 6.20. The maximum atomic E-state index is 6.20. The van der Waals surface area contributed by atoms with Crippen molar-refractivity contribution in [2.75, 3.05) is 11.9 Å². The summed E-state index contributed by atoms with van der Waals surface area (Å²) in [6.45, 7) is 11.4. The molecule has 1 atom stereocenters. The van der Waals surface area contributed by atoms with Crippen LogP contribution in [0.4, 0.5) is 5.69 Å². The summed E-state index contributed by atoms with van der Waals surface area (Å²) in [7, 11) is 0. The van der Waals surface area contributed by atoms with E-state index < -0.39 is 0 Å². The van der Waals surface area contributed by atoms with E-state index in [1.54, 1.807) is 6.20 Å². The summed E-state index contributed by atoms with van der Waals surface area (Å²) in [5.41, 5.74) is 3.71. The average Bonchev–Trinajstić information content (AvgIpc) is 3.52. The van der Waals surface area contributed by atoms with E-state index in [-0.39, 0.29) is 0 Å². The normalized spacial score (nSPS) is 18.7. The summed E-state index contributed by atoms with van der Waals surface area (Å²) in [6, 6.07) is 17.6. The highest BCUT2D eigenvalue weighted by Crippen LogP contribution is 2.38. The molecule has 1 aromatic heterocycles. The fourth-order valence-electron chi connectivity index (χ4n) is 7.63. The third-order valence-electron chi connectivity index (χ3n) is 9.88. The Balaban J connectivity index is 1.16. The Hall–Kier alpha value is -3.51. The highest BCUT2D eigenvalue weighted by Gasteiger charge is 2.32. The van der Waals surface area contributed by atoms with Gasteiger partial charge in [0.25, 0.3) is 0 Å². The van der Waals surface area contributed by atoms with Gasteiger partial charge >= 0.3 is 0 Å². The number of nitrogens with one attached hydrogen (secondary N) is 1. The molecule has 2 aliphatic carbocycles. The predicted octanol–water partition coefficient (Wildman–Crippen LogP) is 9.04. The largest absolute Gasteiger partial charge is 0.457 e. The molecular formula is C37H49N5O. The molecule has 1 unspecified atom stereocenters. The third-order valence-corrected chi connectivity index (χ3v) is 9.88. The van der Waals surface area contributed by atoms with E-state index in [1.807, 2.05) is 41.2 Å². The standard InChI is InChI=1S/C37H49N5O/c1-3-41-27-30(25-38-41)26-40(33-16-9-5-10-17-33)23-13-20-37(31-14-7-4-8-15-31)42-28-32-24-35(21-22-36(32)39-29(42)2)43-34-18-11-6-12-19-34/h3,6,11-12,18-19,21-22,24-25,27,31,33,37,39H,1-2,4-5,7-10,13-17,20,23,26,28H2. The number of benzene rings is 2. The van der Waals surface area contributed by atoms with Gasteiger partial charge in [0.2, 0.25) is 0 Å². The molecule has 2 heterocycles. The minimum absolute atomic E-state index is 0.490. The second-order valence-corrected chi connectivity index (χ2v) is 12.8. The van der Waals surface area contributed by atoms with Crippen LogP contribution in [0, 0.1) is 5.92 Å². The number of nitrogens with zero attached hydrogens (tertiary/aromatic N) is 4. The van der Waals surface area contributed by atoms with Crippen LogP contribution in [0.2, 0.25) is 0 Å². The molecule has 6 heteroatoms. The van der Waals surface area contributed by atoms with Gasteiger partial charge in [0.15, 0.2) is 0 Å². The number of ether oxygens (including phenoxy) is 1. The van der Waals surface area contributed by atoms with Crippen molar-refractivity contribution < 1.29 is 4.74 Å². The molecule has 0 saturated heterocycles. The lowest BCUT2D eigenvalue weighted by atomic mass is 9.81. The summed E-state index contributed by atoms with van der Waals surface area (Å²) in [5.74, 6) is 3.51. The molecule has 0 bridgehead atoms. The van der Waals surface area contributed by atoms with Crippen LogP contribution < -0.4 is 10.1 Å². The molecule has 3 aliphatic rings. The maximum Gasteiger partial charge on any atom is 0.127 e. The van der Waals surface area contributed by atoms with Crippen molar-refractivity contribution in [2.45, 2.75) is 102 Å². The lowest BCUT2D eigenvalue weighted by Crippen LogP contribution is -2.44. The van der Waals surface area contributed by atoms with Crippen molar-refractivity contribution in [1.82, 2.24) is 19.6 Å². The van der Waals surface area contributed by atoms with Gasteiger partial charge in [-0.3, -0.25) is 4.90 Å². The molecule has 1 N–H and O–H groups in total. The van der Waals surface area contributed by atoms with Crippen LogP contribution in [-0.2, 0) is 13.1 Å². The molecule has 1 aliphatic heterocycles. The van der Waals surface area contributed by atoms with Crippen LogP contribution >= 0.6 is 0 Å². The van der Waals surface area contributed by atoms with E-state index in [2.05, 4.69) is 57.8 Å². The van der Waals surface area contributed by atoms with E-state index in [4.69, 9.17) is 4.74 Å². The number of anilines is 1. The van der Waals surface area contributed by atoms with Gasteiger partial charge in [-0.2, -0.15) is 5.10 Å². The molecule has 0 spiro atoms. The van der Waals surface area contributed by atoms with E-state index in [1.165, 1.54) is 88.2 Å². The highest BCUT2D eigenvalue weighted by atomic mass is 16.5. The molecule has 2 fully saturated rings. The van der Waals surface area contributed by atoms with Gasteiger partial charge in [-0.15, -0.1) is 0 Å². The van der Waals surface area contributed by atoms with Crippen molar-refractivity contribution in [2.24, 2.45) is 5.92 Å². The van der Waals surface area contributed by atoms with Crippen molar-refractivity contribution in [3.63, 3.8) is 0 Å². The van der Waals surface area contributed by atoms with Gasteiger partial charge in [-0.05, 0) is 86.9 Å². The molecule has 0 amide bonds. The minimum Gasteiger partial charge on any atom is -0.457 e. The van der Waals surface area contributed by atoms with Gasteiger partial charge in [0.05, 0.1) is 12.0 Å². The summed E-state index contributed by atoms with van der Waals surface area (Å²) >= 11 is 0. The smallest absolute Gasteiger partial charge is 0.127 e. The molecule has 43 heavy (non-hydrogen) atoms. The highest BCUT2D eigenvalue weighted by molar-refractivity contribution is 5.59. The second-order valence-electron chi connectivity index (χ2n) is 12.8. The van der Waals surface area contributed by atoms with Crippen molar-refractivity contribution >= 4 is 11.9 Å². The fraction of sp³-hybridized carbons (Fsp3) is 0.486. The zero-order valence-corrected chi connectivity index (χ0v) is 25.8. The van der Waals surface area contributed by atoms with E-state index >= 15 is 0 Å². The number of fused-ring (bicyclic) bond motifs is 1. The van der Waals surface area contributed by atoms with E-state index in [0.717, 1.165) is 42.6 Å². The van der Waals surface area contributed by atoms with Crippen LogP contribution in [0.1, 0.15) is 88.2 Å². The fourth-order valence-corrected chi connectivity index (χ4v) is 7.63. The molecule has 6 nitrogen and oxygen atoms in total. The molecule has 2 aromatic carbocycles. The van der Waals surface area contributed by atoms with Crippen molar-refractivity contribution in [1.29, 1.82) is 0 Å². The Morgan fingerprint density at radius 2 is 1.74 bits per heavy atom. The Morgan fingerprint density at radius 3 is 2.49 bits per heavy atom. The van der Waals surface area contributed by atoms with Crippen LogP contribution in [0.25, 0.3) is 6.20 Å². The quantitative estimate of drug-likeness (QED) is 0.232. The number of hydrogen-bond acceptors (Lipinski definition) is 5. The van der Waals surface area contributed by atoms with E-state index in [9.17, 15) is 0 Å². The third kappa shape index (κ3) is 7.53. The minimum atomic E-state index is 0.490. The summed E-state index contributed by atoms with van der Waals surface area (Å²) in [5, 5.41) is 8.12. The van der Waals surface area contributed by atoms with Crippen LogP contribution in [0.15, 0.2) is 79.9 Å². The van der Waals surface area contributed by atoms with Crippen LogP contribution in [0.5, 0.6) is 11.5 Å². The first-order valence-electron chi connectivity index (χ1n) is 16.6. The molecule has 3 aromatic rings. The molecule has 6 rings (SSSR count). The Morgan fingerprint density at radius 1 is 0.977 bits per heavy atom. The Labute approximate surface area is 258 Å². The van der Waals surface area contributed by atoms with Gasteiger partial charge in [0.1, 0.15) is 11.5 Å². The molecule has 228 valence electrons. The number of aromatic nitrogens is 2. The van der Waals surface area contributed by atoms with Crippen molar-refractivity contribution in [3.05, 3.63) is 91.0 Å². The SMILES string of the molecule is C=Cn1cc(CN(CCCC(C2CCCCC2)N2Cc3cc(Oc4ccccc4)ccc3NC2=C)C2CCCCC2)cn1. The lowest BCUT2D eigenvalue weighted by molar-refractivity contribution is 0.112. The predicted molar refractivity (Wildman–Crippen MR) is 177 cm³/mol. The molecule has 0 radical (unpaired) electrons. The monoisotopic (exact) mass is 579 g/mol. The number of rotatable bonds is 12. The zero-order valence-electron chi connectivity index (χ0n) is 25.8. The first-order valence-corrected chi connectivity index (χ1v) is 16.6. The van der Waals surface area contributed by atoms with Gasteiger partial charge < -0.3 is 15.0 Å². The lowest BCUT2D eigenvalue weighted by Gasteiger charge is -2.44. The first-order chi connectivity index (χ1) is 21.2. The van der Waals surface area contributed by atoms with Crippen LogP contribution in [-0.4, -0.2) is 38.2 Å². The second kappa shape index (κ2) is 14.3. The number of hydrogen-bond donors (Lipinski definition) is 1. The van der Waals surface area contributed by atoms with Crippen molar-refractivity contribution in [3.8, 4) is 11.5 Å². The number of para-hydroxylation sites is 1. The Bertz CT molecular complexity index is 1340. The van der Waals surface area contributed by atoms with E-state index in [0.29, 0.717) is 18.0 Å². The summed E-state index contributed by atoms with van der Waals surface area (Å²) < 4.78 is 8.03.